The van der Waals surface area contributed by atoms with Crippen LogP contribution in [0.3, 0.4) is 0 Å². The van der Waals surface area contributed by atoms with Crippen LogP contribution in [0.1, 0.15) is 31.6 Å². The predicted octanol–water partition coefficient (Wildman–Crippen LogP) is 1.81. The average molecular weight is 257 g/mol. The summed E-state index contributed by atoms with van der Waals surface area (Å²) in [4.78, 5) is 6.94. The Hall–Kier alpha value is -0.580. The molecule has 0 saturated carbocycles. The lowest BCUT2D eigenvalue weighted by atomic mass is 10.00. The van der Waals surface area contributed by atoms with Gasteiger partial charge in [-0.3, -0.25) is 4.90 Å². The highest BCUT2D eigenvalue weighted by Crippen LogP contribution is 2.36. The molecule has 1 aromatic rings. The first-order valence-electron chi connectivity index (χ1n) is 6.30. The minimum Gasteiger partial charge on any atom is -0.330 e. The third-order valence-electron chi connectivity index (χ3n) is 3.67. The molecule has 1 fully saturated rings. The molecule has 2 unspecified atom stereocenters. The Kier molecular flexibility index (Phi) is 4.07. The molecule has 0 aromatic carbocycles. The van der Waals surface area contributed by atoms with Gasteiger partial charge in [0.25, 0.3) is 0 Å². The second kappa shape index (κ2) is 5.38. The second-order valence-electron chi connectivity index (χ2n) is 4.76. The number of likely N-dealkylation sites (tertiary alicyclic amines) is 1. The highest BCUT2D eigenvalue weighted by Gasteiger charge is 2.36. The summed E-state index contributed by atoms with van der Waals surface area (Å²) >= 11 is 6.07. The van der Waals surface area contributed by atoms with Crippen LogP contribution in [0.5, 0.6) is 0 Å². The first kappa shape index (κ1) is 12.9. The molecular formula is C12H21ClN4. The van der Waals surface area contributed by atoms with Crippen molar-refractivity contribution in [3.63, 3.8) is 0 Å². The van der Waals surface area contributed by atoms with E-state index in [0.29, 0.717) is 17.1 Å². The van der Waals surface area contributed by atoms with Gasteiger partial charge in [-0.1, -0.05) is 18.5 Å². The number of nitrogens with two attached hydrogens (primary N) is 1. The van der Waals surface area contributed by atoms with E-state index >= 15 is 0 Å². The Bertz CT molecular complexity index is 377. The van der Waals surface area contributed by atoms with Gasteiger partial charge in [0, 0.05) is 7.05 Å². The highest BCUT2D eigenvalue weighted by atomic mass is 35.5. The molecule has 4 nitrogen and oxygen atoms in total. The molecule has 2 heterocycles. The lowest BCUT2D eigenvalue weighted by Crippen LogP contribution is -2.30. The van der Waals surface area contributed by atoms with Crippen molar-refractivity contribution in [1.29, 1.82) is 0 Å². The molecule has 17 heavy (non-hydrogen) atoms. The van der Waals surface area contributed by atoms with Crippen molar-refractivity contribution in [1.82, 2.24) is 14.5 Å². The maximum Gasteiger partial charge on any atom is 0.128 e. The zero-order valence-electron chi connectivity index (χ0n) is 10.6. The molecule has 5 heteroatoms. The zero-order valence-corrected chi connectivity index (χ0v) is 11.3. The van der Waals surface area contributed by atoms with Crippen LogP contribution in [-0.4, -0.2) is 34.1 Å². The van der Waals surface area contributed by atoms with Crippen molar-refractivity contribution in [2.24, 2.45) is 18.7 Å². The van der Waals surface area contributed by atoms with Crippen molar-refractivity contribution in [2.75, 3.05) is 19.6 Å². The Morgan fingerprint density at radius 2 is 2.35 bits per heavy atom. The fourth-order valence-corrected chi connectivity index (χ4v) is 2.90. The van der Waals surface area contributed by atoms with E-state index in [-0.39, 0.29) is 0 Å². The van der Waals surface area contributed by atoms with Gasteiger partial charge >= 0.3 is 0 Å². The molecule has 0 spiro atoms. The zero-order chi connectivity index (χ0) is 12.4. The number of nitrogens with zero attached hydrogens (tertiary/aromatic N) is 3. The van der Waals surface area contributed by atoms with Crippen molar-refractivity contribution in [3.8, 4) is 0 Å². The molecule has 0 amide bonds. The summed E-state index contributed by atoms with van der Waals surface area (Å²) in [6.07, 6.45) is 4.05. The lowest BCUT2D eigenvalue weighted by Gasteiger charge is -2.27. The molecule has 2 rings (SSSR count). The largest absolute Gasteiger partial charge is 0.330 e. The normalized spacial score (nSPS) is 25.6. The van der Waals surface area contributed by atoms with E-state index < -0.39 is 0 Å². The third kappa shape index (κ3) is 2.34. The van der Waals surface area contributed by atoms with Gasteiger partial charge in [0.1, 0.15) is 11.0 Å². The molecule has 0 bridgehead atoms. The van der Waals surface area contributed by atoms with E-state index in [9.17, 15) is 0 Å². The number of rotatable bonds is 4. The van der Waals surface area contributed by atoms with Gasteiger partial charge in [-0.15, -0.1) is 0 Å². The fraction of sp³-hybridized carbons (Fsp3) is 0.750. The summed E-state index contributed by atoms with van der Waals surface area (Å²) in [6.45, 7) is 5.14. The van der Waals surface area contributed by atoms with E-state index in [0.717, 1.165) is 38.3 Å². The molecule has 2 atom stereocenters. The Morgan fingerprint density at radius 1 is 1.59 bits per heavy atom. The predicted molar refractivity (Wildman–Crippen MR) is 70.0 cm³/mol. The molecule has 1 aromatic heterocycles. The van der Waals surface area contributed by atoms with Crippen molar-refractivity contribution >= 4 is 11.6 Å². The van der Waals surface area contributed by atoms with Gasteiger partial charge in [-0.05, 0) is 38.4 Å². The Morgan fingerprint density at radius 3 is 2.88 bits per heavy atom. The summed E-state index contributed by atoms with van der Waals surface area (Å²) in [7, 11) is 1.97. The van der Waals surface area contributed by atoms with Gasteiger partial charge in [-0.2, -0.15) is 0 Å². The van der Waals surface area contributed by atoms with Gasteiger partial charge in [-0.25, -0.2) is 4.98 Å². The molecule has 1 aliphatic heterocycles. The van der Waals surface area contributed by atoms with Crippen molar-refractivity contribution < 1.29 is 0 Å². The third-order valence-corrected chi connectivity index (χ3v) is 4.02. The van der Waals surface area contributed by atoms with Gasteiger partial charge in [0.05, 0.1) is 12.2 Å². The molecule has 0 aliphatic carbocycles. The SMILES string of the molecule is CCCN1CCC(CN)C1c1ncc(Cl)n1C. The van der Waals surface area contributed by atoms with E-state index in [2.05, 4.69) is 16.8 Å². The van der Waals surface area contributed by atoms with Crippen LogP contribution >= 0.6 is 11.6 Å². The second-order valence-corrected chi connectivity index (χ2v) is 5.15. The number of aromatic nitrogens is 2. The number of imidazole rings is 1. The fourth-order valence-electron chi connectivity index (χ4n) is 2.76. The molecule has 1 aliphatic rings. The van der Waals surface area contributed by atoms with E-state index in [1.807, 2.05) is 11.6 Å². The molecule has 2 N–H and O–H groups in total. The van der Waals surface area contributed by atoms with E-state index in [1.54, 1.807) is 6.20 Å². The first-order valence-corrected chi connectivity index (χ1v) is 6.68. The number of halogens is 1. The molecule has 96 valence electrons. The van der Waals surface area contributed by atoms with Crippen molar-refractivity contribution in [2.45, 2.75) is 25.8 Å². The molecule has 1 saturated heterocycles. The quantitative estimate of drug-likeness (QED) is 0.894. The Labute approximate surface area is 108 Å². The van der Waals surface area contributed by atoms with Crippen LogP contribution in [0.2, 0.25) is 5.15 Å². The van der Waals surface area contributed by atoms with Crippen LogP contribution in [0.15, 0.2) is 6.20 Å². The van der Waals surface area contributed by atoms with Gasteiger partial charge in [0.2, 0.25) is 0 Å². The summed E-state index contributed by atoms with van der Waals surface area (Å²) in [5.74, 6) is 1.55. The topological polar surface area (TPSA) is 47.1 Å². The highest BCUT2D eigenvalue weighted by molar-refractivity contribution is 6.29. The maximum atomic E-state index is 6.07. The standard InChI is InChI=1S/C12H21ClN4/c1-3-5-17-6-4-9(7-14)11(17)12-15-8-10(13)16(12)2/h8-9,11H,3-7,14H2,1-2H3. The monoisotopic (exact) mass is 256 g/mol. The number of hydrogen-bond acceptors (Lipinski definition) is 3. The van der Waals surface area contributed by atoms with Crippen molar-refractivity contribution in [3.05, 3.63) is 17.2 Å². The van der Waals surface area contributed by atoms with E-state index in [4.69, 9.17) is 17.3 Å². The Balaban J connectivity index is 2.27. The minimum absolute atomic E-state index is 0.331. The summed E-state index contributed by atoms with van der Waals surface area (Å²) in [6, 6.07) is 0.331. The maximum absolute atomic E-state index is 6.07. The van der Waals surface area contributed by atoms with Gasteiger partial charge < -0.3 is 10.3 Å². The molecular weight excluding hydrogens is 236 g/mol. The van der Waals surface area contributed by atoms with Gasteiger partial charge in [0.15, 0.2) is 0 Å². The first-order chi connectivity index (χ1) is 8.19. The average Bonchev–Trinajstić information content (AvgIpc) is 2.85. The van der Waals surface area contributed by atoms with Crippen LogP contribution in [0, 0.1) is 5.92 Å². The smallest absolute Gasteiger partial charge is 0.128 e. The number of hydrogen-bond donors (Lipinski definition) is 1. The minimum atomic E-state index is 0.331. The molecule has 0 radical (unpaired) electrons. The summed E-state index contributed by atoms with van der Waals surface area (Å²) < 4.78 is 1.98. The van der Waals surface area contributed by atoms with Crippen LogP contribution in [-0.2, 0) is 7.05 Å². The summed E-state index contributed by atoms with van der Waals surface area (Å²) in [5, 5.41) is 0.694. The van der Waals surface area contributed by atoms with Crippen LogP contribution < -0.4 is 5.73 Å². The van der Waals surface area contributed by atoms with E-state index in [1.165, 1.54) is 0 Å². The van der Waals surface area contributed by atoms with Crippen LogP contribution in [0.25, 0.3) is 0 Å². The lowest BCUT2D eigenvalue weighted by molar-refractivity contribution is 0.218. The van der Waals surface area contributed by atoms with Crippen LogP contribution in [0.4, 0.5) is 0 Å². The summed E-state index contributed by atoms with van der Waals surface area (Å²) in [5.41, 5.74) is 5.88.